The van der Waals surface area contributed by atoms with Crippen LogP contribution in [0.3, 0.4) is 0 Å². The molecule has 0 radical (unpaired) electrons. The van der Waals surface area contributed by atoms with Gasteiger partial charge in [-0.15, -0.1) is 0 Å². The van der Waals surface area contributed by atoms with Gasteiger partial charge in [-0.25, -0.2) is 9.98 Å². The van der Waals surface area contributed by atoms with Gasteiger partial charge in [-0.2, -0.15) is 0 Å². The minimum Gasteiger partial charge on any atom is -0.386 e. The number of hydrogen-bond acceptors (Lipinski definition) is 4. The second kappa shape index (κ2) is 8.94. The molecule has 0 aliphatic heterocycles. The molecular weight excluding hydrogens is 378 g/mol. The number of nitrogens with two attached hydrogens (primary N) is 1. The van der Waals surface area contributed by atoms with Crippen molar-refractivity contribution >= 4 is 28.9 Å². The number of pyridine rings is 2. The molecule has 0 fully saturated rings. The van der Waals surface area contributed by atoms with Gasteiger partial charge in [0.15, 0.2) is 0 Å². The SMILES string of the molecule is CCc1c(C)c2nc(-c3ccc[nH]c3=O)cc(NCC(N)=NC=NC)c2n1C(C)C. The Kier molecular flexibility index (Phi) is 6.34. The van der Waals surface area contributed by atoms with Gasteiger partial charge < -0.3 is 20.6 Å². The first-order valence-corrected chi connectivity index (χ1v) is 10.1. The van der Waals surface area contributed by atoms with Crippen LogP contribution < -0.4 is 16.6 Å². The topological polar surface area (TPSA) is 113 Å². The van der Waals surface area contributed by atoms with E-state index in [-0.39, 0.29) is 11.6 Å². The van der Waals surface area contributed by atoms with Gasteiger partial charge in [-0.05, 0) is 51.0 Å². The number of rotatable bonds is 7. The van der Waals surface area contributed by atoms with Crippen molar-refractivity contribution in [3.05, 3.63) is 46.0 Å². The van der Waals surface area contributed by atoms with Gasteiger partial charge in [0.25, 0.3) is 5.56 Å². The van der Waals surface area contributed by atoms with Crippen LogP contribution in [0.4, 0.5) is 5.69 Å². The number of fused-ring (bicyclic) bond motifs is 1. The quantitative estimate of drug-likeness (QED) is 0.412. The average Bonchev–Trinajstić information content (AvgIpc) is 3.02. The lowest BCUT2D eigenvalue weighted by atomic mass is 10.1. The van der Waals surface area contributed by atoms with Gasteiger partial charge >= 0.3 is 0 Å². The van der Waals surface area contributed by atoms with Crippen molar-refractivity contribution in [3.8, 4) is 11.3 Å². The number of aromatic amines is 1. The summed E-state index contributed by atoms with van der Waals surface area (Å²) in [6.45, 7) is 8.89. The van der Waals surface area contributed by atoms with Crippen LogP contribution in [0, 0.1) is 6.92 Å². The maximum atomic E-state index is 12.4. The molecule has 8 heteroatoms. The molecule has 0 aliphatic carbocycles. The molecule has 0 bridgehead atoms. The molecule has 0 spiro atoms. The fraction of sp³-hybridized carbons (Fsp3) is 0.364. The smallest absolute Gasteiger partial charge is 0.257 e. The lowest BCUT2D eigenvalue weighted by Gasteiger charge is -2.17. The Morgan fingerprint density at radius 2 is 2.20 bits per heavy atom. The van der Waals surface area contributed by atoms with Crippen LogP contribution in [0.5, 0.6) is 0 Å². The van der Waals surface area contributed by atoms with Crippen LogP contribution in [0.25, 0.3) is 22.3 Å². The standard InChI is InChI=1S/C22H29N7O/c1-6-18-14(4)20-21(29(18)13(2)3)17(26-11-19(23)27-12-24-5)10-16(28-20)15-8-7-9-25-22(15)30/h7-10,12-13H,6,11H2,1-5H3,(H,25,30)(H,26,28)(H2,23,24,27). The predicted molar refractivity (Wildman–Crippen MR) is 125 cm³/mol. The summed E-state index contributed by atoms with van der Waals surface area (Å²) in [5.41, 5.74) is 12.1. The summed E-state index contributed by atoms with van der Waals surface area (Å²) in [4.78, 5) is 27.9. The summed E-state index contributed by atoms with van der Waals surface area (Å²) in [6.07, 6.45) is 3.92. The van der Waals surface area contributed by atoms with E-state index in [1.165, 1.54) is 12.0 Å². The molecule has 0 amide bonds. The molecule has 3 rings (SSSR count). The summed E-state index contributed by atoms with van der Waals surface area (Å²) in [6, 6.07) is 5.74. The third-order valence-electron chi connectivity index (χ3n) is 5.06. The highest BCUT2D eigenvalue weighted by Crippen LogP contribution is 2.35. The van der Waals surface area contributed by atoms with Crippen LogP contribution >= 0.6 is 0 Å². The van der Waals surface area contributed by atoms with Gasteiger partial charge in [-0.3, -0.25) is 9.79 Å². The Morgan fingerprint density at radius 1 is 1.43 bits per heavy atom. The summed E-state index contributed by atoms with van der Waals surface area (Å²) in [5.74, 6) is 0.416. The first-order chi connectivity index (χ1) is 14.4. The van der Waals surface area contributed by atoms with E-state index in [4.69, 9.17) is 10.7 Å². The first-order valence-electron chi connectivity index (χ1n) is 10.1. The normalized spacial score (nSPS) is 12.4. The molecule has 0 atom stereocenters. The Morgan fingerprint density at radius 3 is 2.83 bits per heavy atom. The van der Waals surface area contributed by atoms with Crippen molar-refractivity contribution in [2.24, 2.45) is 15.7 Å². The fourth-order valence-corrected chi connectivity index (χ4v) is 3.76. The van der Waals surface area contributed by atoms with E-state index in [9.17, 15) is 4.79 Å². The highest BCUT2D eigenvalue weighted by atomic mass is 16.1. The summed E-state index contributed by atoms with van der Waals surface area (Å²) < 4.78 is 2.31. The van der Waals surface area contributed by atoms with Gasteiger partial charge in [0.2, 0.25) is 0 Å². The van der Waals surface area contributed by atoms with Crippen LogP contribution in [0.2, 0.25) is 0 Å². The van der Waals surface area contributed by atoms with Crippen LogP contribution in [0.15, 0.2) is 39.2 Å². The molecule has 3 aromatic rings. The Hall–Kier alpha value is -3.42. The molecule has 0 unspecified atom stereocenters. The number of hydrogen-bond donors (Lipinski definition) is 3. The van der Waals surface area contributed by atoms with Crippen molar-refractivity contribution in [2.45, 2.75) is 40.2 Å². The lowest BCUT2D eigenvalue weighted by molar-refractivity contribution is 0.596. The highest BCUT2D eigenvalue weighted by Gasteiger charge is 2.21. The van der Waals surface area contributed by atoms with Gasteiger partial charge in [0.05, 0.1) is 34.5 Å². The minimum atomic E-state index is -0.174. The Labute approximate surface area is 176 Å². The van der Waals surface area contributed by atoms with E-state index in [1.807, 2.05) is 6.07 Å². The summed E-state index contributed by atoms with van der Waals surface area (Å²) in [7, 11) is 1.64. The molecule has 8 nitrogen and oxygen atoms in total. The predicted octanol–water partition coefficient (Wildman–Crippen LogP) is 3.27. The van der Waals surface area contributed by atoms with E-state index < -0.39 is 0 Å². The zero-order valence-electron chi connectivity index (χ0n) is 18.2. The number of nitrogens with zero attached hydrogens (tertiary/aromatic N) is 4. The average molecular weight is 408 g/mol. The van der Waals surface area contributed by atoms with Crippen LogP contribution in [0.1, 0.15) is 38.1 Å². The highest BCUT2D eigenvalue weighted by molar-refractivity contribution is 5.97. The largest absolute Gasteiger partial charge is 0.386 e. The summed E-state index contributed by atoms with van der Waals surface area (Å²) in [5, 5.41) is 3.40. The molecule has 30 heavy (non-hydrogen) atoms. The third-order valence-corrected chi connectivity index (χ3v) is 5.06. The Balaban J connectivity index is 2.26. The molecule has 0 saturated carbocycles. The van der Waals surface area contributed by atoms with Crippen molar-refractivity contribution in [1.82, 2.24) is 14.5 Å². The van der Waals surface area contributed by atoms with Crippen molar-refractivity contribution < 1.29 is 0 Å². The second-order valence-electron chi connectivity index (χ2n) is 7.40. The first kappa shape index (κ1) is 21.3. The van der Waals surface area contributed by atoms with E-state index >= 15 is 0 Å². The molecule has 3 aromatic heterocycles. The molecule has 0 aromatic carbocycles. The van der Waals surface area contributed by atoms with E-state index in [0.29, 0.717) is 23.6 Å². The number of nitrogens with one attached hydrogen (secondary N) is 2. The summed E-state index contributed by atoms with van der Waals surface area (Å²) >= 11 is 0. The van der Waals surface area contributed by atoms with Gasteiger partial charge in [0, 0.05) is 25.0 Å². The number of aliphatic imine (C=N–C) groups is 2. The second-order valence-corrected chi connectivity index (χ2v) is 7.40. The lowest BCUT2D eigenvalue weighted by Crippen LogP contribution is -2.23. The monoisotopic (exact) mass is 407 g/mol. The zero-order valence-corrected chi connectivity index (χ0v) is 18.2. The zero-order chi connectivity index (χ0) is 21.8. The molecule has 158 valence electrons. The van der Waals surface area contributed by atoms with Crippen molar-refractivity contribution in [2.75, 3.05) is 18.9 Å². The Bertz CT molecular complexity index is 1170. The number of aryl methyl sites for hydroxylation is 1. The molecule has 4 N–H and O–H groups in total. The number of H-pyrrole nitrogens is 1. The molecular formula is C22H29N7O. The van der Waals surface area contributed by atoms with E-state index in [0.717, 1.165) is 28.7 Å². The van der Waals surface area contributed by atoms with Gasteiger partial charge in [0.1, 0.15) is 12.2 Å². The molecule has 3 heterocycles. The van der Waals surface area contributed by atoms with Crippen molar-refractivity contribution in [3.63, 3.8) is 0 Å². The number of anilines is 1. The maximum Gasteiger partial charge on any atom is 0.257 e. The van der Waals surface area contributed by atoms with E-state index in [2.05, 4.69) is 52.5 Å². The van der Waals surface area contributed by atoms with Crippen molar-refractivity contribution in [1.29, 1.82) is 0 Å². The third kappa shape index (κ3) is 3.98. The minimum absolute atomic E-state index is 0.174. The number of amidine groups is 1. The van der Waals surface area contributed by atoms with Gasteiger partial charge in [-0.1, -0.05) is 6.92 Å². The van der Waals surface area contributed by atoms with E-state index in [1.54, 1.807) is 25.4 Å². The molecule has 0 aliphatic rings. The number of aromatic nitrogens is 3. The fourth-order valence-electron chi connectivity index (χ4n) is 3.76. The molecule has 0 saturated heterocycles. The van der Waals surface area contributed by atoms with Crippen LogP contribution in [-0.2, 0) is 6.42 Å². The maximum absolute atomic E-state index is 12.4. The van der Waals surface area contributed by atoms with Crippen LogP contribution in [-0.4, -0.2) is 40.3 Å².